The first-order valence-electron chi connectivity index (χ1n) is 8.08. The van der Waals surface area contributed by atoms with Crippen LogP contribution in [0.4, 0.5) is 5.69 Å². The van der Waals surface area contributed by atoms with E-state index in [2.05, 4.69) is 36.5 Å². The van der Waals surface area contributed by atoms with Gasteiger partial charge in [0.05, 0.1) is 18.8 Å². The van der Waals surface area contributed by atoms with Crippen LogP contribution < -0.4 is 10.1 Å². The van der Waals surface area contributed by atoms with Gasteiger partial charge in [0.15, 0.2) is 0 Å². The normalized spacial score (nSPS) is 24.7. The number of ether oxygens (including phenoxy) is 1. The predicted octanol–water partition coefficient (Wildman–Crippen LogP) is 4.54. The molecule has 1 aliphatic carbocycles. The molecular weight excluding hydrogens is 286 g/mol. The molecule has 2 N–H and O–H groups in total. The Labute approximate surface area is 136 Å². The van der Waals surface area contributed by atoms with Crippen LogP contribution in [0.2, 0.25) is 0 Å². The third kappa shape index (κ3) is 2.19. The van der Waals surface area contributed by atoms with Gasteiger partial charge in [-0.1, -0.05) is 30.4 Å². The largest absolute Gasteiger partial charge is 0.506 e. The molecule has 0 saturated carbocycles. The summed E-state index contributed by atoms with van der Waals surface area (Å²) in [4.78, 5) is 0. The van der Waals surface area contributed by atoms with Crippen LogP contribution in [0.3, 0.4) is 0 Å². The Morgan fingerprint density at radius 1 is 1.22 bits per heavy atom. The molecule has 2 aromatic carbocycles. The van der Waals surface area contributed by atoms with Crippen molar-refractivity contribution in [3.63, 3.8) is 0 Å². The van der Waals surface area contributed by atoms with Crippen LogP contribution >= 0.6 is 0 Å². The van der Waals surface area contributed by atoms with Gasteiger partial charge in [-0.05, 0) is 54.2 Å². The van der Waals surface area contributed by atoms with E-state index in [-0.39, 0.29) is 6.04 Å². The third-order valence-electron chi connectivity index (χ3n) is 5.17. The average Bonchev–Trinajstić information content (AvgIpc) is 3.06. The number of fused-ring (bicyclic) bond motifs is 3. The van der Waals surface area contributed by atoms with Crippen LogP contribution in [0.15, 0.2) is 48.6 Å². The molecule has 0 spiro atoms. The fourth-order valence-corrected chi connectivity index (χ4v) is 4.05. The zero-order chi connectivity index (χ0) is 16.0. The number of nitrogens with one attached hydrogen (secondary N) is 1. The van der Waals surface area contributed by atoms with Crippen LogP contribution in [0.1, 0.15) is 35.1 Å². The topological polar surface area (TPSA) is 41.5 Å². The van der Waals surface area contributed by atoms with Gasteiger partial charge in [-0.15, -0.1) is 0 Å². The minimum atomic E-state index is 0.172. The first kappa shape index (κ1) is 14.2. The highest BCUT2D eigenvalue weighted by molar-refractivity contribution is 5.69. The van der Waals surface area contributed by atoms with E-state index in [1.165, 1.54) is 16.7 Å². The van der Waals surface area contributed by atoms with Crippen molar-refractivity contribution in [3.8, 4) is 11.5 Å². The minimum Gasteiger partial charge on any atom is -0.506 e. The molecule has 0 radical (unpaired) electrons. The third-order valence-corrected chi connectivity index (χ3v) is 5.17. The molecule has 118 valence electrons. The van der Waals surface area contributed by atoms with Crippen LogP contribution in [0.25, 0.3) is 0 Å². The van der Waals surface area contributed by atoms with Crippen molar-refractivity contribution < 1.29 is 9.84 Å². The summed E-state index contributed by atoms with van der Waals surface area (Å²) in [5.41, 5.74) is 4.55. The lowest BCUT2D eigenvalue weighted by Gasteiger charge is -2.38. The van der Waals surface area contributed by atoms with Gasteiger partial charge in [-0.2, -0.15) is 0 Å². The molecule has 3 nitrogen and oxygen atoms in total. The summed E-state index contributed by atoms with van der Waals surface area (Å²) in [6.07, 6.45) is 5.61. The summed E-state index contributed by atoms with van der Waals surface area (Å²) in [5, 5.41) is 14.0. The van der Waals surface area contributed by atoms with Crippen molar-refractivity contribution in [2.24, 2.45) is 5.92 Å². The molecule has 23 heavy (non-hydrogen) atoms. The van der Waals surface area contributed by atoms with Gasteiger partial charge >= 0.3 is 0 Å². The first-order valence-corrected chi connectivity index (χ1v) is 8.08. The van der Waals surface area contributed by atoms with E-state index in [0.29, 0.717) is 17.6 Å². The summed E-state index contributed by atoms with van der Waals surface area (Å²) in [7, 11) is 1.69. The number of benzene rings is 2. The number of allylic oxidation sites excluding steroid dienone is 2. The highest BCUT2D eigenvalue weighted by Crippen LogP contribution is 2.53. The van der Waals surface area contributed by atoms with E-state index in [1.54, 1.807) is 13.2 Å². The summed E-state index contributed by atoms with van der Waals surface area (Å²) in [6, 6.07) is 12.2. The summed E-state index contributed by atoms with van der Waals surface area (Å²) in [6.45, 7) is 2.12. The lowest BCUT2D eigenvalue weighted by Crippen LogP contribution is -2.29. The van der Waals surface area contributed by atoms with Crippen molar-refractivity contribution in [3.05, 3.63) is 65.2 Å². The molecule has 0 bridgehead atoms. The van der Waals surface area contributed by atoms with Gasteiger partial charge in [0, 0.05) is 5.92 Å². The van der Waals surface area contributed by atoms with E-state index >= 15 is 0 Å². The van der Waals surface area contributed by atoms with Gasteiger partial charge in [0.1, 0.15) is 11.5 Å². The SMILES string of the molecule is COc1cccc(C2Nc3c(O)ccc(C)c3C3C=CCC32)c1. The molecule has 3 heteroatoms. The lowest BCUT2D eigenvalue weighted by atomic mass is 9.75. The molecule has 0 fully saturated rings. The quantitative estimate of drug-likeness (QED) is 0.632. The Morgan fingerprint density at radius 2 is 2.09 bits per heavy atom. The van der Waals surface area contributed by atoms with Gasteiger partial charge in [0.2, 0.25) is 0 Å². The maximum absolute atomic E-state index is 10.4. The Kier molecular flexibility index (Phi) is 3.29. The van der Waals surface area contributed by atoms with Crippen LogP contribution in [-0.2, 0) is 0 Å². The Hall–Kier alpha value is -2.42. The molecule has 3 unspecified atom stereocenters. The maximum Gasteiger partial charge on any atom is 0.139 e. The number of phenols is 1. The summed E-state index contributed by atoms with van der Waals surface area (Å²) >= 11 is 0. The molecule has 2 aromatic rings. The minimum absolute atomic E-state index is 0.172. The van der Waals surface area contributed by atoms with Crippen molar-refractivity contribution in [2.45, 2.75) is 25.3 Å². The summed E-state index contributed by atoms with van der Waals surface area (Å²) in [5.74, 6) is 2.02. The lowest BCUT2D eigenvalue weighted by molar-refractivity contribution is 0.402. The predicted molar refractivity (Wildman–Crippen MR) is 92.2 cm³/mol. The van der Waals surface area contributed by atoms with E-state index in [9.17, 15) is 5.11 Å². The number of aromatic hydroxyl groups is 1. The van der Waals surface area contributed by atoms with E-state index in [1.807, 2.05) is 18.2 Å². The van der Waals surface area contributed by atoms with E-state index in [4.69, 9.17) is 4.74 Å². The molecule has 3 atom stereocenters. The Bertz CT molecular complexity index is 781. The second-order valence-electron chi connectivity index (χ2n) is 6.44. The van der Waals surface area contributed by atoms with Crippen LogP contribution in [-0.4, -0.2) is 12.2 Å². The highest BCUT2D eigenvalue weighted by atomic mass is 16.5. The van der Waals surface area contributed by atoms with Crippen molar-refractivity contribution in [1.82, 2.24) is 0 Å². The number of aryl methyl sites for hydroxylation is 1. The second kappa shape index (κ2) is 5.34. The van der Waals surface area contributed by atoms with Gasteiger partial charge in [0.25, 0.3) is 0 Å². The summed E-state index contributed by atoms with van der Waals surface area (Å²) < 4.78 is 5.38. The van der Waals surface area contributed by atoms with Crippen LogP contribution in [0.5, 0.6) is 11.5 Å². The fraction of sp³-hybridized carbons (Fsp3) is 0.300. The molecular formula is C20H21NO2. The molecule has 0 amide bonds. The van der Waals surface area contributed by atoms with E-state index < -0.39 is 0 Å². The monoisotopic (exact) mass is 307 g/mol. The standard InChI is InChI=1S/C20H21NO2/c1-12-9-10-17(22)20-18(12)15-7-4-8-16(15)19(21-20)13-5-3-6-14(11-13)23-2/h3-7,9-11,15-16,19,21-22H,8H2,1-2H3. The number of methoxy groups -OCH3 is 1. The molecule has 2 aliphatic rings. The first-order chi connectivity index (χ1) is 11.2. The highest BCUT2D eigenvalue weighted by Gasteiger charge is 2.39. The Morgan fingerprint density at radius 3 is 2.91 bits per heavy atom. The molecule has 1 heterocycles. The Balaban J connectivity index is 1.83. The average molecular weight is 307 g/mol. The molecule has 1 aliphatic heterocycles. The maximum atomic E-state index is 10.4. The van der Waals surface area contributed by atoms with Crippen molar-refractivity contribution in [1.29, 1.82) is 0 Å². The molecule has 0 saturated heterocycles. The van der Waals surface area contributed by atoms with Crippen LogP contribution in [0, 0.1) is 12.8 Å². The van der Waals surface area contributed by atoms with Crippen molar-refractivity contribution in [2.75, 3.05) is 12.4 Å². The smallest absolute Gasteiger partial charge is 0.139 e. The molecule has 4 rings (SSSR count). The van der Waals surface area contributed by atoms with Crippen molar-refractivity contribution >= 4 is 5.69 Å². The van der Waals surface area contributed by atoms with E-state index in [0.717, 1.165) is 17.9 Å². The van der Waals surface area contributed by atoms with Gasteiger partial charge in [-0.3, -0.25) is 0 Å². The molecule has 0 aromatic heterocycles. The number of hydrogen-bond acceptors (Lipinski definition) is 3. The number of rotatable bonds is 2. The second-order valence-corrected chi connectivity index (χ2v) is 6.44. The number of hydrogen-bond donors (Lipinski definition) is 2. The number of anilines is 1. The zero-order valence-electron chi connectivity index (χ0n) is 13.4. The van der Waals surface area contributed by atoms with Gasteiger partial charge < -0.3 is 15.2 Å². The fourth-order valence-electron chi connectivity index (χ4n) is 4.05. The zero-order valence-corrected chi connectivity index (χ0v) is 13.4. The van der Waals surface area contributed by atoms with Gasteiger partial charge in [-0.25, -0.2) is 0 Å². The number of phenolic OH excluding ortho intramolecular Hbond substituents is 1.